The molecule has 78 valence electrons. The lowest BCUT2D eigenvalue weighted by molar-refractivity contribution is 0.358. The summed E-state index contributed by atoms with van der Waals surface area (Å²) < 4.78 is 10.5. The number of benzene rings is 1. The second-order valence-corrected chi connectivity index (χ2v) is 3.40. The monoisotopic (exact) mass is 223 g/mol. The highest BCUT2D eigenvalue weighted by Crippen LogP contribution is 2.38. The Morgan fingerprint density at radius 2 is 1.93 bits per heavy atom. The van der Waals surface area contributed by atoms with E-state index in [0.29, 0.717) is 16.5 Å². The minimum Gasteiger partial charge on any atom is -0.493 e. The van der Waals surface area contributed by atoms with Crippen molar-refractivity contribution in [1.82, 2.24) is 4.98 Å². The van der Waals surface area contributed by atoms with E-state index >= 15 is 0 Å². The van der Waals surface area contributed by atoms with E-state index < -0.39 is 0 Å². The molecular formula is C11H10ClNO2. The van der Waals surface area contributed by atoms with Crippen LogP contribution in [0.15, 0.2) is 24.4 Å². The molecule has 3 nitrogen and oxygen atoms in total. The third-order valence-electron chi connectivity index (χ3n) is 2.20. The fourth-order valence-corrected chi connectivity index (χ4v) is 1.76. The fourth-order valence-electron chi connectivity index (χ4n) is 1.52. The van der Waals surface area contributed by atoms with E-state index in [1.54, 1.807) is 26.5 Å². The van der Waals surface area contributed by atoms with Gasteiger partial charge in [0.25, 0.3) is 0 Å². The normalized spacial score (nSPS) is 10.3. The summed E-state index contributed by atoms with van der Waals surface area (Å²) in [5.74, 6) is 1.27. The molecule has 0 aliphatic heterocycles. The Morgan fingerprint density at radius 1 is 1.13 bits per heavy atom. The topological polar surface area (TPSA) is 31.4 Å². The Kier molecular flexibility index (Phi) is 2.64. The molecule has 15 heavy (non-hydrogen) atoms. The third kappa shape index (κ3) is 1.59. The molecule has 0 radical (unpaired) electrons. The van der Waals surface area contributed by atoms with Gasteiger partial charge in [0.05, 0.1) is 30.1 Å². The highest BCUT2D eigenvalue weighted by atomic mass is 35.5. The third-order valence-corrected chi connectivity index (χ3v) is 2.51. The first-order valence-electron chi connectivity index (χ1n) is 4.43. The average molecular weight is 224 g/mol. The minimum atomic E-state index is 0.607. The number of fused-ring (bicyclic) bond motifs is 1. The molecule has 0 unspecified atom stereocenters. The van der Waals surface area contributed by atoms with Crippen molar-refractivity contribution in [2.24, 2.45) is 0 Å². The first-order chi connectivity index (χ1) is 7.27. The van der Waals surface area contributed by atoms with Crippen LogP contribution in [0.2, 0.25) is 5.02 Å². The van der Waals surface area contributed by atoms with Gasteiger partial charge in [0.2, 0.25) is 0 Å². The maximum absolute atomic E-state index is 6.09. The van der Waals surface area contributed by atoms with Crippen LogP contribution in [0.4, 0.5) is 0 Å². The Hall–Kier alpha value is -1.48. The van der Waals surface area contributed by atoms with Crippen LogP contribution in [0, 0.1) is 0 Å². The smallest absolute Gasteiger partial charge is 0.171 e. The number of aromatic nitrogens is 1. The summed E-state index contributed by atoms with van der Waals surface area (Å²) in [6, 6.07) is 5.39. The molecular weight excluding hydrogens is 214 g/mol. The Balaban J connectivity index is 2.85. The van der Waals surface area contributed by atoms with Gasteiger partial charge in [-0.15, -0.1) is 0 Å². The molecule has 0 N–H and O–H groups in total. The van der Waals surface area contributed by atoms with Crippen LogP contribution in [0.1, 0.15) is 0 Å². The SMILES string of the molecule is COc1ccc2nccc(Cl)c2c1OC. The second-order valence-electron chi connectivity index (χ2n) is 2.99. The van der Waals surface area contributed by atoms with Crippen molar-refractivity contribution in [2.75, 3.05) is 14.2 Å². The van der Waals surface area contributed by atoms with Gasteiger partial charge in [-0.25, -0.2) is 0 Å². The van der Waals surface area contributed by atoms with Crippen LogP contribution in [-0.2, 0) is 0 Å². The number of rotatable bonds is 2. The molecule has 2 rings (SSSR count). The maximum Gasteiger partial charge on any atom is 0.171 e. The molecule has 0 bridgehead atoms. The van der Waals surface area contributed by atoms with Crippen molar-refractivity contribution in [3.8, 4) is 11.5 Å². The summed E-state index contributed by atoms with van der Waals surface area (Å²) in [7, 11) is 3.18. The van der Waals surface area contributed by atoms with Crippen molar-refractivity contribution in [2.45, 2.75) is 0 Å². The standard InChI is InChI=1S/C11H10ClNO2/c1-14-9-4-3-8-10(11(9)15-2)7(12)5-6-13-8/h3-6H,1-2H3. The zero-order valence-corrected chi connectivity index (χ0v) is 9.21. The van der Waals surface area contributed by atoms with Crippen LogP contribution >= 0.6 is 11.6 Å². The van der Waals surface area contributed by atoms with Crippen molar-refractivity contribution < 1.29 is 9.47 Å². The van der Waals surface area contributed by atoms with Gasteiger partial charge in [-0.05, 0) is 18.2 Å². The first-order valence-corrected chi connectivity index (χ1v) is 4.81. The molecule has 0 amide bonds. The minimum absolute atomic E-state index is 0.607. The van der Waals surface area contributed by atoms with E-state index in [-0.39, 0.29) is 0 Å². The van der Waals surface area contributed by atoms with Gasteiger partial charge in [-0.2, -0.15) is 0 Å². The van der Waals surface area contributed by atoms with Crippen LogP contribution < -0.4 is 9.47 Å². The molecule has 0 atom stereocenters. The molecule has 0 aliphatic rings. The summed E-state index contributed by atoms with van der Waals surface area (Å²) in [5, 5.41) is 1.39. The van der Waals surface area contributed by atoms with Crippen molar-refractivity contribution in [3.63, 3.8) is 0 Å². The number of pyridine rings is 1. The lowest BCUT2D eigenvalue weighted by atomic mass is 10.2. The molecule has 0 fully saturated rings. The number of methoxy groups -OCH3 is 2. The summed E-state index contributed by atoms with van der Waals surface area (Å²) in [6.07, 6.45) is 1.66. The van der Waals surface area contributed by atoms with Gasteiger partial charge in [0.1, 0.15) is 0 Å². The van der Waals surface area contributed by atoms with E-state index in [1.165, 1.54) is 0 Å². The molecule has 0 aliphatic carbocycles. The summed E-state index contributed by atoms with van der Waals surface area (Å²) in [4.78, 5) is 4.21. The molecule has 1 aromatic heterocycles. The molecule has 2 aromatic rings. The average Bonchev–Trinajstić information content (AvgIpc) is 2.28. The van der Waals surface area contributed by atoms with Crippen molar-refractivity contribution in [1.29, 1.82) is 0 Å². The molecule has 4 heteroatoms. The van der Waals surface area contributed by atoms with Gasteiger partial charge in [-0.3, -0.25) is 4.98 Å². The van der Waals surface area contributed by atoms with Crippen LogP contribution in [-0.4, -0.2) is 19.2 Å². The number of hydrogen-bond donors (Lipinski definition) is 0. The van der Waals surface area contributed by atoms with Gasteiger partial charge in [-0.1, -0.05) is 11.6 Å². The molecule has 0 saturated heterocycles. The number of ether oxygens (including phenoxy) is 2. The highest BCUT2D eigenvalue weighted by Gasteiger charge is 2.11. The Bertz CT molecular complexity index is 499. The first kappa shape index (κ1) is 10.1. The summed E-state index contributed by atoms with van der Waals surface area (Å²) in [5.41, 5.74) is 0.792. The van der Waals surface area contributed by atoms with Crippen LogP contribution in [0.3, 0.4) is 0 Å². The van der Waals surface area contributed by atoms with Gasteiger partial charge < -0.3 is 9.47 Å². The van der Waals surface area contributed by atoms with E-state index in [9.17, 15) is 0 Å². The maximum atomic E-state index is 6.09. The van der Waals surface area contributed by atoms with Gasteiger partial charge in [0.15, 0.2) is 11.5 Å². The van der Waals surface area contributed by atoms with Gasteiger partial charge in [0, 0.05) is 6.20 Å². The lowest BCUT2D eigenvalue weighted by Gasteiger charge is -2.10. The predicted octanol–water partition coefficient (Wildman–Crippen LogP) is 2.91. The second kappa shape index (κ2) is 3.95. The van der Waals surface area contributed by atoms with Crippen molar-refractivity contribution >= 4 is 22.5 Å². The van der Waals surface area contributed by atoms with Crippen LogP contribution in [0.25, 0.3) is 10.9 Å². The Labute approximate surface area is 92.6 Å². The Morgan fingerprint density at radius 3 is 2.60 bits per heavy atom. The van der Waals surface area contributed by atoms with E-state index in [0.717, 1.165) is 10.9 Å². The quantitative estimate of drug-likeness (QED) is 0.785. The van der Waals surface area contributed by atoms with E-state index in [2.05, 4.69) is 4.98 Å². The van der Waals surface area contributed by atoms with Gasteiger partial charge >= 0.3 is 0 Å². The van der Waals surface area contributed by atoms with E-state index in [4.69, 9.17) is 21.1 Å². The van der Waals surface area contributed by atoms with E-state index in [1.807, 2.05) is 12.1 Å². The van der Waals surface area contributed by atoms with Crippen molar-refractivity contribution in [3.05, 3.63) is 29.4 Å². The lowest BCUT2D eigenvalue weighted by Crippen LogP contribution is -1.92. The number of halogens is 1. The molecule has 0 saturated carbocycles. The van der Waals surface area contributed by atoms with Crippen LogP contribution in [0.5, 0.6) is 11.5 Å². The zero-order chi connectivity index (χ0) is 10.8. The molecule has 1 aromatic carbocycles. The summed E-state index contributed by atoms with van der Waals surface area (Å²) in [6.45, 7) is 0. The molecule has 1 heterocycles. The number of nitrogens with zero attached hydrogens (tertiary/aromatic N) is 1. The summed E-state index contributed by atoms with van der Waals surface area (Å²) >= 11 is 6.09. The fraction of sp³-hybridized carbons (Fsp3) is 0.182. The highest BCUT2D eigenvalue weighted by molar-refractivity contribution is 6.36. The largest absolute Gasteiger partial charge is 0.493 e. The number of hydrogen-bond acceptors (Lipinski definition) is 3. The predicted molar refractivity (Wildman–Crippen MR) is 59.9 cm³/mol. The molecule has 0 spiro atoms. The zero-order valence-electron chi connectivity index (χ0n) is 8.45.